The summed E-state index contributed by atoms with van der Waals surface area (Å²) in [5.74, 6) is -1.98. The van der Waals surface area contributed by atoms with Crippen molar-refractivity contribution in [2.45, 2.75) is 31.2 Å². The highest BCUT2D eigenvalue weighted by molar-refractivity contribution is 5.91. The summed E-state index contributed by atoms with van der Waals surface area (Å²) in [6.45, 7) is 6.35. The number of benzene rings is 1. The predicted molar refractivity (Wildman–Crippen MR) is 90.4 cm³/mol. The standard InChI is InChI=1S/C20H19NO6/c1-10(2)17-20-6-5-13(27-20)15(19(23)24)16(20)18(22)21(17)8-11-3-4-12-14(7-11)26-9-25-12/h3-7,13,15-17H,1,8-9H2,2H3,(H,23,24)/p-1/t13-,15-,16+,17+,20+/m0/s1. The molecule has 0 saturated carbocycles. The number of ether oxygens (including phenoxy) is 3. The highest BCUT2D eigenvalue weighted by atomic mass is 16.7. The van der Waals surface area contributed by atoms with Crippen molar-refractivity contribution in [2.24, 2.45) is 11.8 Å². The van der Waals surface area contributed by atoms with E-state index in [1.165, 1.54) is 0 Å². The van der Waals surface area contributed by atoms with E-state index in [4.69, 9.17) is 14.2 Å². The summed E-state index contributed by atoms with van der Waals surface area (Å²) < 4.78 is 16.8. The molecule has 4 heterocycles. The maximum absolute atomic E-state index is 13.3. The zero-order valence-electron chi connectivity index (χ0n) is 14.7. The number of likely N-dealkylation sites (tertiary alicyclic amines) is 1. The number of fused-ring (bicyclic) bond motifs is 2. The van der Waals surface area contributed by atoms with Crippen LogP contribution in [0.25, 0.3) is 0 Å². The molecule has 2 fully saturated rings. The average Bonchev–Trinajstić information content (AvgIpc) is 3.35. The predicted octanol–water partition coefficient (Wildman–Crippen LogP) is 0.392. The molecule has 2 bridgehead atoms. The van der Waals surface area contributed by atoms with E-state index in [0.717, 1.165) is 11.1 Å². The van der Waals surface area contributed by atoms with Gasteiger partial charge >= 0.3 is 0 Å². The number of amides is 1. The third-order valence-electron chi connectivity index (χ3n) is 5.90. The van der Waals surface area contributed by atoms with Crippen molar-refractivity contribution in [2.75, 3.05) is 6.79 Å². The summed E-state index contributed by atoms with van der Waals surface area (Å²) in [5, 5.41) is 11.7. The Morgan fingerprint density at radius 1 is 1.37 bits per heavy atom. The van der Waals surface area contributed by atoms with Gasteiger partial charge < -0.3 is 29.0 Å². The fraction of sp³-hybridized carbons (Fsp3) is 0.400. The maximum atomic E-state index is 13.3. The number of carbonyl (C=O) groups is 2. The van der Waals surface area contributed by atoms with Gasteiger partial charge in [0.15, 0.2) is 11.5 Å². The van der Waals surface area contributed by atoms with Crippen LogP contribution in [0.15, 0.2) is 42.5 Å². The summed E-state index contributed by atoms with van der Waals surface area (Å²) in [5.41, 5.74) is 0.615. The van der Waals surface area contributed by atoms with Crippen LogP contribution < -0.4 is 14.6 Å². The summed E-state index contributed by atoms with van der Waals surface area (Å²) in [6.07, 6.45) is 2.93. The number of nitrogens with zero attached hydrogens (tertiary/aromatic N) is 1. The van der Waals surface area contributed by atoms with Crippen molar-refractivity contribution < 1.29 is 28.9 Å². The smallest absolute Gasteiger partial charge is 0.231 e. The Kier molecular flexibility index (Phi) is 3.25. The molecule has 1 spiro atoms. The molecule has 4 aliphatic rings. The van der Waals surface area contributed by atoms with Crippen molar-refractivity contribution >= 4 is 11.9 Å². The second-order valence-electron chi connectivity index (χ2n) is 7.52. The molecule has 2 saturated heterocycles. The van der Waals surface area contributed by atoms with Crippen LogP contribution in [0.3, 0.4) is 0 Å². The van der Waals surface area contributed by atoms with Gasteiger partial charge in [-0.3, -0.25) is 4.79 Å². The minimum Gasteiger partial charge on any atom is -0.550 e. The number of rotatable bonds is 4. The van der Waals surface area contributed by atoms with Crippen LogP contribution in [0.2, 0.25) is 0 Å². The fourth-order valence-corrected chi connectivity index (χ4v) is 4.95. The van der Waals surface area contributed by atoms with E-state index in [2.05, 4.69) is 6.58 Å². The van der Waals surface area contributed by atoms with Gasteiger partial charge in [0, 0.05) is 18.4 Å². The van der Waals surface area contributed by atoms with Crippen LogP contribution in [0.1, 0.15) is 12.5 Å². The van der Waals surface area contributed by atoms with E-state index in [0.29, 0.717) is 18.0 Å². The van der Waals surface area contributed by atoms with Gasteiger partial charge in [-0.2, -0.15) is 0 Å². The van der Waals surface area contributed by atoms with Gasteiger partial charge in [-0.1, -0.05) is 30.4 Å². The molecule has 0 N–H and O–H groups in total. The van der Waals surface area contributed by atoms with E-state index in [1.54, 1.807) is 17.0 Å². The third kappa shape index (κ3) is 2.06. The quantitative estimate of drug-likeness (QED) is 0.715. The lowest BCUT2D eigenvalue weighted by Crippen LogP contribution is -2.46. The molecule has 27 heavy (non-hydrogen) atoms. The van der Waals surface area contributed by atoms with Gasteiger partial charge in [0.25, 0.3) is 0 Å². The first kappa shape index (κ1) is 16.4. The van der Waals surface area contributed by atoms with Gasteiger partial charge in [0.2, 0.25) is 12.7 Å². The average molecular weight is 368 g/mol. The number of aliphatic carboxylic acids is 1. The van der Waals surface area contributed by atoms with E-state index in [9.17, 15) is 14.7 Å². The maximum Gasteiger partial charge on any atom is 0.231 e. The summed E-state index contributed by atoms with van der Waals surface area (Å²) in [4.78, 5) is 26.6. The van der Waals surface area contributed by atoms with Gasteiger partial charge in [0.1, 0.15) is 5.60 Å². The van der Waals surface area contributed by atoms with Crippen molar-refractivity contribution in [3.05, 3.63) is 48.1 Å². The number of hydrogen-bond acceptors (Lipinski definition) is 6. The highest BCUT2D eigenvalue weighted by Crippen LogP contribution is 2.56. The highest BCUT2D eigenvalue weighted by Gasteiger charge is 2.69. The normalized spacial score (nSPS) is 35.0. The van der Waals surface area contributed by atoms with Crippen LogP contribution in [0.5, 0.6) is 11.5 Å². The molecule has 7 nitrogen and oxygen atoms in total. The zero-order chi connectivity index (χ0) is 18.9. The van der Waals surface area contributed by atoms with E-state index in [-0.39, 0.29) is 12.7 Å². The van der Waals surface area contributed by atoms with Crippen LogP contribution in [-0.2, 0) is 20.9 Å². The SMILES string of the molecule is C=C(C)[C@H]1N(Cc2ccc3c(c2)OCO3)C(=O)[C@H]2[C@@H](C(=O)[O-])[C@@H]3C=C[C@@]21O3. The van der Waals surface area contributed by atoms with Gasteiger partial charge in [-0.05, 0) is 24.6 Å². The molecule has 1 aromatic carbocycles. The molecule has 1 aromatic rings. The van der Waals surface area contributed by atoms with Gasteiger partial charge in [-0.15, -0.1) is 0 Å². The molecular formula is C20H18NO6-. The lowest BCUT2D eigenvalue weighted by Gasteiger charge is -2.33. The summed E-state index contributed by atoms with van der Waals surface area (Å²) in [7, 11) is 0. The first-order chi connectivity index (χ1) is 12.9. The summed E-state index contributed by atoms with van der Waals surface area (Å²) >= 11 is 0. The molecule has 1 amide bonds. The van der Waals surface area contributed by atoms with E-state index in [1.807, 2.05) is 25.1 Å². The Morgan fingerprint density at radius 3 is 2.89 bits per heavy atom. The monoisotopic (exact) mass is 368 g/mol. The minimum atomic E-state index is -1.25. The van der Waals surface area contributed by atoms with Crippen LogP contribution in [0.4, 0.5) is 0 Å². The lowest BCUT2D eigenvalue weighted by atomic mass is 9.74. The second-order valence-corrected chi connectivity index (χ2v) is 7.52. The molecule has 0 aromatic heterocycles. The molecular weight excluding hydrogens is 350 g/mol. The second kappa shape index (κ2) is 5.36. The number of carboxylic acid groups (broad SMARTS) is 1. The number of hydrogen-bond donors (Lipinski definition) is 0. The van der Waals surface area contributed by atoms with Gasteiger partial charge in [-0.25, -0.2) is 0 Å². The largest absolute Gasteiger partial charge is 0.550 e. The molecule has 5 rings (SSSR count). The van der Waals surface area contributed by atoms with Crippen LogP contribution >= 0.6 is 0 Å². The zero-order valence-corrected chi connectivity index (χ0v) is 14.7. The molecule has 7 heteroatoms. The molecule has 140 valence electrons. The Bertz CT molecular complexity index is 908. The van der Waals surface area contributed by atoms with Crippen LogP contribution in [-0.4, -0.2) is 41.3 Å². The summed E-state index contributed by atoms with van der Waals surface area (Å²) in [6, 6.07) is 5.07. The number of carbonyl (C=O) groups excluding carboxylic acids is 2. The Morgan fingerprint density at radius 2 is 2.15 bits per heavy atom. The lowest BCUT2D eigenvalue weighted by molar-refractivity contribution is -0.313. The van der Waals surface area contributed by atoms with Crippen molar-refractivity contribution in [1.29, 1.82) is 0 Å². The number of carboxylic acids is 1. The van der Waals surface area contributed by atoms with Crippen LogP contribution in [0, 0.1) is 11.8 Å². The van der Waals surface area contributed by atoms with E-state index >= 15 is 0 Å². The molecule has 5 atom stereocenters. The van der Waals surface area contributed by atoms with E-state index < -0.39 is 35.6 Å². The Hall–Kier alpha value is -2.80. The Balaban J connectivity index is 1.53. The Labute approximate surface area is 155 Å². The first-order valence-corrected chi connectivity index (χ1v) is 8.85. The fourth-order valence-electron chi connectivity index (χ4n) is 4.95. The third-order valence-corrected chi connectivity index (χ3v) is 5.90. The topological polar surface area (TPSA) is 88.1 Å². The van der Waals surface area contributed by atoms with Crippen molar-refractivity contribution in [1.82, 2.24) is 4.90 Å². The molecule has 0 unspecified atom stereocenters. The molecule has 0 aliphatic carbocycles. The van der Waals surface area contributed by atoms with Crippen molar-refractivity contribution in [3.63, 3.8) is 0 Å². The minimum absolute atomic E-state index is 0.175. The molecule has 0 radical (unpaired) electrons. The molecule has 4 aliphatic heterocycles. The van der Waals surface area contributed by atoms with Crippen molar-refractivity contribution in [3.8, 4) is 11.5 Å². The van der Waals surface area contributed by atoms with Gasteiger partial charge in [0.05, 0.1) is 18.1 Å². The first-order valence-electron chi connectivity index (χ1n) is 8.85.